The van der Waals surface area contributed by atoms with Crippen LogP contribution in [0.2, 0.25) is 0 Å². The molecule has 5 fully saturated rings. The van der Waals surface area contributed by atoms with E-state index in [0.29, 0.717) is 19.3 Å². The van der Waals surface area contributed by atoms with E-state index >= 15 is 0 Å². The predicted octanol–water partition coefficient (Wildman–Crippen LogP) is 3.12. The highest BCUT2D eigenvalue weighted by molar-refractivity contribution is 5.92. The summed E-state index contributed by atoms with van der Waals surface area (Å²) in [6, 6.07) is 0. The van der Waals surface area contributed by atoms with Crippen molar-refractivity contribution in [3.8, 4) is 0 Å². The lowest BCUT2D eigenvalue weighted by atomic mass is 9.43. The Hall–Kier alpha value is -1.69. The van der Waals surface area contributed by atoms with Crippen LogP contribution in [0, 0.1) is 28.6 Å². The summed E-state index contributed by atoms with van der Waals surface area (Å²) in [5.41, 5.74) is -0.175. The molecule has 162 valence electrons. The maximum atomic E-state index is 13.0. The summed E-state index contributed by atoms with van der Waals surface area (Å²) in [6.07, 6.45) is 7.61. The summed E-state index contributed by atoms with van der Waals surface area (Å²) in [5.74, 6) is -0.201. The summed E-state index contributed by atoms with van der Waals surface area (Å²) >= 11 is 0. The molecule has 0 amide bonds. The van der Waals surface area contributed by atoms with Crippen LogP contribution in [0.3, 0.4) is 0 Å². The molecule has 2 heterocycles. The fourth-order valence-corrected chi connectivity index (χ4v) is 8.69. The third kappa shape index (κ3) is 1.94. The lowest BCUT2D eigenvalue weighted by Crippen LogP contribution is -2.63. The number of fused-ring (bicyclic) bond motifs is 4. The zero-order valence-electron chi connectivity index (χ0n) is 18.0. The van der Waals surface area contributed by atoms with E-state index in [4.69, 9.17) is 14.2 Å². The highest BCUT2D eigenvalue weighted by Gasteiger charge is 2.83. The van der Waals surface area contributed by atoms with E-state index in [2.05, 4.69) is 13.8 Å². The first-order valence-corrected chi connectivity index (χ1v) is 11.4. The van der Waals surface area contributed by atoms with Crippen LogP contribution >= 0.6 is 0 Å². The molecule has 0 aromatic rings. The van der Waals surface area contributed by atoms with Crippen molar-refractivity contribution in [2.75, 3.05) is 7.11 Å². The van der Waals surface area contributed by atoms with Crippen LogP contribution in [0.5, 0.6) is 0 Å². The van der Waals surface area contributed by atoms with Gasteiger partial charge in [-0.3, -0.25) is 14.4 Å². The predicted molar refractivity (Wildman–Crippen MR) is 105 cm³/mol. The molecule has 0 aromatic heterocycles. The zero-order valence-corrected chi connectivity index (χ0v) is 18.0. The van der Waals surface area contributed by atoms with E-state index in [1.807, 2.05) is 0 Å². The van der Waals surface area contributed by atoms with Gasteiger partial charge in [-0.2, -0.15) is 0 Å². The standard InChI is InChI=1S/C24H30O6/c1-21-7-4-14(25)10-13(21)11-15(20(27)28-3)19-16-5-8-23(9-6-18(26)30-23)22(16,2)12-17-24(19,21)29-17/h10,15-17,19H,4-9,11-12H2,1-3H3/t15-,16?,17-,19+,21+,22+,23-,24-/m1/s1. The number of carbonyl (C=O) groups excluding carboxylic acids is 3. The van der Waals surface area contributed by atoms with Gasteiger partial charge in [0, 0.05) is 29.6 Å². The number of ketones is 1. The smallest absolute Gasteiger partial charge is 0.309 e. The second-order valence-electron chi connectivity index (χ2n) is 11.0. The molecule has 0 N–H and O–H groups in total. The topological polar surface area (TPSA) is 82.2 Å². The molecule has 6 rings (SSSR count). The third-order valence-electron chi connectivity index (χ3n) is 10.2. The minimum atomic E-state index is -0.424. The Bertz CT molecular complexity index is 907. The van der Waals surface area contributed by atoms with Crippen molar-refractivity contribution in [1.82, 2.24) is 0 Å². The first-order chi connectivity index (χ1) is 14.2. The molecular weight excluding hydrogens is 384 g/mol. The van der Waals surface area contributed by atoms with Crippen LogP contribution in [0.15, 0.2) is 11.6 Å². The van der Waals surface area contributed by atoms with Crippen molar-refractivity contribution in [1.29, 1.82) is 0 Å². The SMILES string of the molecule is COC(=O)[C@@H]1CC2=CC(=O)CC[C@]2(C)[C@@]23O[C@@H]2C[C@@]2(C)C(CC[C@@]24CCC(=O)O4)[C@H]13. The minimum absolute atomic E-state index is 0.0303. The summed E-state index contributed by atoms with van der Waals surface area (Å²) in [5, 5.41) is 0. The Kier molecular flexibility index (Phi) is 3.53. The van der Waals surface area contributed by atoms with Gasteiger partial charge in [0.1, 0.15) is 11.2 Å². The van der Waals surface area contributed by atoms with Gasteiger partial charge in [0.05, 0.1) is 19.1 Å². The fourth-order valence-electron chi connectivity index (χ4n) is 8.69. The molecule has 2 spiro atoms. The first-order valence-electron chi connectivity index (χ1n) is 11.4. The van der Waals surface area contributed by atoms with E-state index < -0.39 is 11.2 Å². The van der Waals surface area contributed by atoms with Gasteiger partial charge in [0.15, 0.2) is 5.78 Å². The molecule has 2 saturated heterocycles. The highest BCUT2D eigenvalue weighted by atomic mass is 16.6. The third-order valence-corrected chi connectivity index (χ3v) is 10.2. The Morgan fingerprint density at radius 2 is 1.97 bits per heavy atom. The number of rotatable bonds is 1. The second-order valence-corrected chi connectivity index (χ2v) is 11.0. The minimum Gasteiger partial charge on any atom is -0.469 e. The quantitative estimate of drug-likeness (QED) is 0.484. The van der Waals surface area contributed by atoms with Crippen LogP contribution in [0.1, 0.15) is 65.2 Å². The number of epoxide rings is 1. The van der Waals surface area contributed by atoms with Crippen LogP contribution < -0.4 is 0 Å². The van der Waals surface area contributed by atoms with Gasteiger partial charge >= 0.3 is 11.9 Å². The van der Waals surface area contributed by atoms with Gasteiger partial charge < -0.3 is 14.2 Å². The first kappa shape index (κ1) is 19.0. The van der Waals surface area contributed by atoms with Gasteiger partial charge in [-0.15, -0.1) is 0 Å². The van der Waals surface area contributed by atoms with E-state index in [1.165, 1.54) is 7.11 Å². The molecule has 6 heteroatoms. The van der Waals surface area contributed by atoms with Gasteiger partial charge in [0.2, 0.25) is 0 Å². The lowest BCUT2D eigenvalue weighted by molar-refractivity contribution is -0.172. The molecule has 2 aliphatic heterocycles. The molecule has 0 aromatic carbocycles. The normalized spacial score (nSPS) is 53.2. The summed E-state index contributed by atoms with van der Waals surface area (Å²) in [6.45, 7) is 4.51. The van der Waals surface area contributed by atoms with Gasteiger partial charge in [-0.1, -0.05) is 19.4 Å². The molecule has 8 atom stereocenters. The zero-order chi connectivity index (χ0) is 21.1. The summed E-state index contributed by atoms with van der Waals surface area (Å²) < 4.78 is 17.9. The summed E-state index contributed by atoms with van der Waals surface area (Å²) in [4.78, 5) is 37.4. The van der Waals surface area contributed by atoms with Gasteiger partial charge in [-0.05, 0) is 50.5 Å². The molecule has 1 unspecified atom stereocenters. The number of esters is 2. The molecular formula is C24H30O6. The Balaban J connectivity index is 1.49. The van der Waals surface area contributed by atoms with Crippen molar-refractivity contribution in [3.05, 3.63) is 11.6 Å². The molecule has 4 aliphatic carbocycles. The van der Waals surface area contributed by atoms with Crippen molar-refractivity contribution < 1.29 is 28.6 Å². The van der Waals surface area contributed by atoms with Gasteiger partial charge in [-0.25, -0.2) is 0 Å². The largest absolute Gasteiger partial charge is 0.469 e. The molecule has 6 nitrogen and oxygen atoms in total. The Morgan fingerprint density at radius 1 is 1.17 bits per heavy atom. The molecule has 0 bridgehead atoms. The molecule has 0 radical (unpaired) electrons. The van der Waals surface area contributed by atoms with Gasteiger partial charge in [0.25, 0.3) is 0 Å². The van der Waals surface area contributed by atoms with Crippen LogP contribution in [-0.2, 0) is 28.6 Å². The number of hydrogen-bond donors (Lipinski definition) is 0. The summed E-state index contributed by atoms with van der Waals surface area (Å²) in [7, 11) is 1.45. The molecule has 30 heavy (non-hydrogen) atoms. The number of ether oxygens (including phenoxy) is 3. The Labute approximate surface area is 176 Å². The average Bonchev–Trinajstić information content (AvgIpc) is 3.20. The van der Waals surface area contributed by atoms with E-state index in [9.17, 15) is 14.4 Å². The molecule has 3 saturated carbocycles. The van der Waals surface area contributed by atoms with Crippen molar-refractivity contribution >= 4 is 17.7 Å². The second kappa shape index (κ2) is 5.56. The Morgan fingerprint density at radius 3 is 2.67 bits per heavy atom. The van der Waals surface area contributed by atoms with E-state index in [-0.39, 0.29) is 52.4 Å². The van der Waals surface area contributed by atoms with Crippen LogP contribution in [-0.4, -0.2) is 42.1 Å². The van der Waals surface area contributed by atoms with Crippen molar-refractivity contribution in [2.45, 2.75) is 82.5 Å². The van der Waals surface area contributed by atoms with Crippen LogP contribution in [0.25, 0.3) is 0 Å². The average molecular weight is 414 g/mol. The van der Waals surface area contributed by atoms with Crippen LogP contribution in [0.4, 0.5) is 0 Å². The van der Waals surface area contributed by atoms with Crippen molar-refractivity contribution in [2.24, 2.45) is 28.6 Å². The molecule has 6 aliphatic rings. The number of carbonyl (C=O) groups is 3. The maximum absolute atomic E-state index is 13.0. The number of methoxy groups -OCH3 is 1. The highest BCUT2D eigenvalue weighted by Crippen LogP contribution is 2.78. The number of hydrogen-bond acceptors (Lipinski definition) is 6. The maximum Gasteiger partial charge on any atom is 0.309 e. The monoisotopic (exact) mass is 414 g/mol. The lowest BCUT2D eigenvalue weighted by Gasteiger charge is -2.58. The fraction of sp³-hybridized carbons (Fsp3) is 0.792. The van der Waals surface area contributed by atoms with E-state index in [0.717, 1.165) is 37.7 Å². The van der Waals surface area contributed by atoms with Crippen molar-refractivity contribution in [3.63, 3.8) is 0 Å². The van der Waals surface area contributed by atoms with E-state index in [1.54, 1.807) is 6.08 Å².